The van der Waals surface area contributed by atoms with Crippen molar-refractivity contribution in [2.45, 2.75) is 42.8 Å². The number of oxime groups is 1. The zero-order chi connectivity index (χ0) is 26.6. The lowest BCUT2D eigenvalue weighted by Gasteiger charge is -2.09. The average molecular weight is 522 g/mol. The molecule has 2 unspecified atom stereocenters. The number of carbonyl (C=O) groups is 2. The molecular formula is C32H27NO4S. The molecule has 1 heterocycles. The van der Waals surface area contributed by atoms with Crippen molar-refractivity contribution in [2.24, 2.45) is 5.16 Å². The summed E-state index contributed by atoms with van der Waals surface area (Å²) in [6.45, 7) is 5.36. The normalized spacial score (nSPS) is 16.7. The van der Waals surface area contributed by atoms with E-state index >= 15 is 0 Å². The molecule has 0 spiro atoms. The zero-order valence-corrected chi connectivity index (χ0v) is 22.2. The molecule has 1 saturated heterocycles. The van der Waals surface area contributed by atoms with Crippen molar-refractivity contribution in [2.75, 3.05) is 0 Å². The summed E-state index contributed by atoms with van der Waals surface area (Å²) in [5, 5.41) is 4.16. The molecule has 0 amide bonds. The Kier molecular flexibility index (Phi) is 7.54. The number of aryl methyl sites for hydroxylation is 2. The minimum Gasteiger partial charge on any atom is -0.358 e. The Morgan fingerprint density at radius 1 is 0.816 bits per heavy atom. The monoisotopic (exact) mass is 521 g/mol. The van der Waals surface area contributed by atoms with Gasteiger partial charge in [0.25, 0.3) is 0 Å². The van der Waals surface area contributed by atoms with Crippen LogP contribution >= 0.6 is 11.8 Å². The second-order valence-electron chi connectivity index (χ2n) is 9.25. The minimum atomic E-state index is -0.469. The number of hydrogen-bond donors (Lipinski definition) is 0. The highest BCUT2D eigenvalue weighted by atomic mass is 32.2. The smallest absolute Gasteiger partial charge is 0.331 e. The highest BCUT2D eigenvalue weighted by Gasteiger charge is 2.45. The molecule has 5 nitrogen and oxygen atoms in total. The first kappa shape index (κ1) is 25.6. The van der Waals surface area contributed by atoms with E-state index in [9.17, 15) is 9.59 Å². The lowest BCUT2D eigenvalue weighted by atomic mass is 9.97. The van der Waals surface area contributed by atoms with Crippen molar-refractivity contribution < 1.29 is 19.2 Å². The van der Waals surface area contributed by atoms with Gasteiger partial charge in [0.1, 0.15) is 17.9 Å². The van der Waals surface area contributed by atoms with Gasteiger partial charge in [-0.05, 0) is 67.4 Å². The van der Waals surface area contributed by atoms with E-state index in [1.807, 2.05) is 98.8 Å². The van der Waals surface area contributed by atoms with Crippen LogP contribution < -0.4 is 0 Å². The van der Waals surface area contributed by atoms with E-state index in [1.54, 1.807) is 11.8 Å². The van der Waals surface area contributed by atoms with Gasteiger partial charge in [-0.1, -0.05) is 77.1 Å². The summed E-state index contributed by atoms with van der Waals surface area (Å²) < 4.78 is 6.02. The van der Waals surface area contributed by atoms with Crippen LogP contribution in [0, 0.1) is 13.8 Å². The maximum absolute atomic E-state index is 12.6. The van der Waals surface area contributed by atoms with E-state index in [2.05, 4.69) is 17.3 Å². The highest BCUT2D eigenvalue weighted by Crippen LogP contribution is 2.42. The van der Waals surface area contributed by atoms with Crippen molar-refractivity contribution in [3.63, 3.8) is 0 Å². The largest absolute Gasteiger partial charge is 0.358 e. The van der Waals surface area contributed by atoms with Crippen LogP contribution in [0.5, 0.6) is 0 Å². The maximum atomic E-state index is 12.6. The van der Waals surface area contributed by atoms with Gasteiger partial charge in [-0.2, -0.15) is 0 Å². The van der Waals surface area contributed by atoms with Gasteiger partial charge in [0.05, 0.1) is 0 Å². The van der Waals surface area contributed by atoms with Gasteiger partial charge in [-0.15, -0.1) is 0 Å². The average Bonchev–Trinajstić information content (AvgIpc) is 3.72. The fraction of sp³-hybridized carbons (Fsp3) is 0.156. The van der Waals surface area contributed by atoms with Crippen molar-refractivity contribution in [1.29, 1.82) is 0 Å². The Hall–Kier alpha value is -4.00. The van der Waals surface area contributed by atoms with Gasteiger partial charge in [0.2, 0.25) is 0 Å². The number of epoxide rings is 1. The van der Waals surface area contributed by atoms with Gasteiger partial charge < -0.3 is 9.57 Å². The van der Waals surface area contributed by atoms with Crippen LogP contribution in [0.15, 0.2) is 112 Å². The summed E-state index contributed by atoms with van der Waals surface area (Å²) in [5.41, 5.74) is 6.06. The molecule has 1 fully saturated rings. The predicted molar refractivity (Wildman–Crippen MR) is 149 cm³/mol. The van der Waals surface area contributed by atoms with Gasteiger partial charge in [0.15, 0.2) is 5.78 Å². The summed E-state index contributed by atoms with van der Waals surface area (Å²) in [5.74, 6) is -0.452. The second-order valence-corrected chi connectivity index (χ2v) is 10.4. The standard InChI is InChI=1S/C32H27NO4S/c1-20-9-10-21(2)28(19-20)29(33-37-22(3)34)32-31(36-32)25-13-17-27(18-14-25)38-26-15-11-24(12-16-26)30(35)23-7-5-4-6-8-23/h4-19,31-32H,1-3H3/b33-29+. The number of nitrogens with zero attached hydrogens (tertiary/aromatic N) is 1. The third-order valence-corrected chi connectivity index (χ3v) is 7.32. The molecule has 4 aromatic carbocycles. The lowest BCUT2D eigenvalue weighted by Crippen LogP contribution is -2.14. The molecule has 1 aliphatic rings. The predicted octanol–water partition coefficient (Wildman–Crippen LogP) is 7.09. The first-order valence-corrected chi connectivity index (χ1v) is 13.2. The van der Waals surface area contributed by atoms with Crippen molar-refractivity contribution >= 4 is 29.2 Å². The molecule has 38 heavy (non-hydrogen) atoms. The summed E-state index contributed by atoms with van der Waals surface area (Å²) in [6, 6.07) is 31.3. The molecule has 0 bridgehead atoms. The van der Waals surface area contributed by atoms with E-state index in [0.29, 0.717) is 16.8 Å². The van der Waals surface area contributed by atoms with E-state index in [-0.39, 0.29) is 18.0 Å². The van der Waals surface area contributed by atoms with Crippen LogP contribution in [0.2, 0.25) is 0 Å². The van der Waals surface area contributed by atoms with Crippen molar-refractivity contribution in [3.05, 3.63) is 130 Å². The molecule has 5 rings (SSSR count). The molecule has 4 aromatic rings. The van der Waals surface area contributed by atoms with Crippen LogP contribution in [-0.2, 0) is 14.4 Å². The molecule has 190 valence electrons. The highest BCUT2D eigenvalue weighted by molar-refractivity contribution is 7.99. The summed E-state index contributed by atoms with van der Waals surface area (Å²) >= 11 is 1.63. The van der Waals surface area contributed by atoms with E-state index in [4.69, 9.17) is 9.57 Å². The molecule has 0 aromatic heterocycles. The van der Waals surface area contributed by atoms with E-state index < -0.39 is 5.97 Å². The third kappa shape index (κ3) is 5.93. The fourth-order valence-corrected chi connectivity index (χ4v) is 5.06. The number of rotatable bonds is 8. The Morgan fingerprint density at radius 2 is 1.45 bits per heavy atom. The van der Waals surface area contributed by atoms with Gasteiger partial charge in [-0.25, -0.2) is 4.79 Å². The summed E-state index contributed by atoms with van der Waals surface area (Å²) in [6.07, 6.45) is -0.449. The maximum Gasteiger partial charge on any atom is 0.331 e. The molecule has 0 aliphatic carbocycles. The number of benzene rings is 4. The quantitative estimate of drug-likeness (QED) is 0.0814. The molecule has 0 saturated carbocycles. The SMILES string of the molecule is CC(=O)O/N=C(\c1cc(C)ccc1C)C1OC1c1ccc(Sc2ccc(C(=O)c3ccccc3)cc2)cc1. The van der Waals surface area contributed by atoms with Crippen molar-refractivity contribution in [1.82, 2.24) is 0 Å². The Balaban J connectivity index is 1.27. The summed E-state index contributed by atoms with van der Waals surface area (Å²) in [4.78, 5) is 31.2. The second kappa shape index (κ2) is 11.2. The van der Waals surface area contributed by atoms with Crippen LogP contribution in [0.3, 0.4) is 0 Å². The lowest BCUT2D eigenvalue weighted by molar-refractivity contribution is -0.140. The van der Waals surface area contributed by atoms with Gasteiger partial charge in [0, 0.05) is 33.4 Å². The molecule has 1 aliphatic heterocycles. The van der Waals surface area contributed by atoms with Crippen LogP contribution in [0.1, 0.15) is 51.2 Å². The number of ether oxygens (including phenoxy) is 1. The van der Waals surface area contributed by atoms with Gasteiger partial charge in [-0.3, -0.25) is 4.79 Å². The van der Waals surface area contributed by atoms with E-state index in [1.165, 1.54) is 6.92 Å². The fourth-order valence-electron chi connectivity index (χ4n) is 4.25. The first-order chi connectivity index (χ1) is 18.4. The molecule has 0 radical (unpaired) electrons. The third-order valence-electron chi connectivity index (χ3n) is 6.30. The Bertz CT molecular complexity index is 1500. The molecule has 2 atom stereocenters. The molecule has 6 heteroatoms. The number of carbonyl (C=O) groups excluding carboxylic acids is 2. The Labute approximate surface area is 226 Å². The first-order valence-electron chi connectivity index (χ1n) is 12.4. The zero-order valence-electron chi connectivity index (χ0n) is 21.4. The van der Waals surface area contributed by atoms with Gasteiger partial charge >= 0.3 is 5.97 Å². The number of hydrogen-bond acceptors (Lipinski definition) is 6. The van der Waals surface area contributed by atoms with E-state index in [0.717, 1.165) is 32.0 Å². The molecule has 0 N–H and O–H groups in total. The van der Waals surface area contributed by atoms with Crippen LogP contribution in [0.25, 0.3) is 0 Å². The Morgan fingerprint density at radius 3 is 2.11 bits per heavy atom. The molecular weight excluding hydrogens is 494 g/mol. The van der Waals surface area contributed by atoms with Crippen LogP contribution in [-0.4, -0.2) is 23.6 Å². The summed E-state index contributed by atoms with van der Waals surface area (Å²) in [7, 11) is 0. The van der Waals surface area contributed by atoms with Crippen LogP contribution in [0.4, 0.5) is 0 Å². The topological polar surface area (TPSA) is 68.3 Å². The number of ketones is 1. The van der Waals surface area contributed by atoms with Crippen molar-refractivity contribution in [3.8, 4) is 0 Å². The minimum absolute atomic E-state index is 0.0166.